The zero-order valence-corrected chi connectivity index (χ0v) is 33.5. The van der Waals surface area contributed by atoms with E-state index in [1.54, 1.807) is 30.5 Å². The predicted octanol–water partition coefficient (Wildman–Crippen LogP) is 5.83. The number of amides is 5. The highest BCUT2D eigenvalue weighted by atomic mass is 19.1. The second kappa shape index (κ2) is 20.0. The van der Waals surface area contributed by atoms with Crippen molar-refractivity contribution in [1.82, 2.24) is 15.2 Å². The Bertz CT molecular complexity index is 2190. The first kappa shape index (κ1) is 42.4. The molecule has 2 fully saturated rings. The molecule has 3 aliphatic rings. The molecule has 15 heteroatoms. The second-order valence-electron chi connectivity index (χ2n) is 15.1. The van der Waals surface area contributed by atoms with Crippen LogP contribution in [-0.2, 0) is 28.6 Å². The van der Waals surface area contributed by atoms with Crippen molar-refractivity contribution in [1.29, 1.82) is 0 Å². The second-order valence-corrected chi connectivity index (χ2v) is 15.1. The molecule has 1 saturated heterocycles. The van der Waals surface area contributed by atoms with Crippen LogP contribution in [0.5, 0.6) is 11.5 Å². The average molecular weight is 825 g/mol. The van der Waals surface area contributed by atoms with Gasteiger partial charge < -0.3 is 29.0 Å². The van der Waals surface area contributed by atoms with Crippen molar-refractivity contribution in [2.75, 3.05) is 58.2 Å². The molecule has 0 radical (unpaired) electrons. The number of ether oxygens (including phenoxy) is 5. The number of pyridine rings is 1. The van der Waals surface area contributed by atoms with Crippen molar-refractivity contribution >= 4 is 46.1 Å². The van der Waals surface area contributed by atoms with E-state index in [1.165, 1.54) is 12.1 Å². The molecule has 1 saturated carbocycles. The molecule has 4 aromatic rings. The predicted molar refractivity (Wildman–Crippen MR) is 217 cm³/mol. The van der Waals surface area contributed by atoms with E-state index in [4.69, 9.17) is 23.7 Å². The van der Waals surface area contributed by atoms with Crippen LogP contribution in [0.3, 0.4) is 0 Å². The molecule has 0 spiro atoms. The van der Waals surface area contributed by atoms with Gasteiger partial charge in [-0.05, 0) is 110 Å². The number of piperidine rings is 1. The number of imide groups is 2. The van der Waals surface area contributed by atoms with Gasteiger partial charge in [-0.2, -0.15) is 0 Å². The van der Waals surface area contributed by atoms with Crippen LogP contribution in [0.15, 0.2) is 72.9 Å². The molecule has 0 bridgehead atoms. The van der Waals surface area contributed by atoms with E-state index in [0.29, 0.717) is 57.0 Å². The fourth-order valence-electron chi connectivity index (χ4n) is 8.11. The van der Waals surface area contributed by atoms with E-state index in [-0.39, 0.29) is 66.5 Å². The number of hydrogen-bond acceptors (Lipinski definition) is 11. The molecule has 2 N–H and O–H groups in total. The smallest absolute Gasteiger partial charge is 0.266 e. The lowest BCUT2D eigenvalue weighted by Gasteiger charge is -2.32. The van der Waals surface area contributed by atoms with Gasteiger partial charge in [-0.25, -0.2) is 4.39 Å². The van der Waals surface area contributed by atoms with Gasteiger partial charge in [0.05, 0.1) is 56.3 Å². The van der Waals surface area contributed by atoms with Gasteiger partial charge in [0.1, 0.15) is 36.6 Å². The fourth-order valence-corrected chi connectivity index (χ4v) is 8.11. The molecule has 2 atom stereocenters. The van der Waals surface area contributed by atoms with Gasteiger partial charge in [0, 0.05) is 29.6 Å². The molecule has 1 unspecified atom stereocenters. The molecule has 1 aliphatic carbocycles. The number of fused-ring (bicyclic) bond motifs is 2. The van der Waals surface area contributed by atoms with Crippen LogP contribution in [-0.4, -0.2) is 98.3 Å². The number of aromatic nitrogens is 1. The van der Waals surface area contributed by atoms with Gasteiger partial charge in [0.2, 0.25) is 17.7 Å². The average Bonchev–Trinajstić information content (AvgIpc) is 3.51. The summed E-state index contributed by atoms with van der Waals surface area (Å²) in [4.78, 5) is 68.5. The van der Waals surface area contributed by atoms with E-state index in [1.807, 2.05) is 37.3 Å². The Morgan fingerprint density at radius 3 is 2.20 bits per heavy atom. The van der Waals surface area contributed by atoms with Gasteiger partial charge in [0.25, 0.3) is 11.8 Å². The van der Waals surface area contributed by atoms with E-state index in [9.17, 15) is 28.4 Å². The molecular weight excluding hydrogens is 776 g/mol. The third-order valence-corrected chi connectivity index (χ3v) is 11.3. The Morgan fingerprint density at radius 1 is 0.817 bits per heavy atom. The van der Waals surface area contributed by atoms with Crippen molar-refractivity contribution in [3.8, 4) is 11.5 Å². The van der Waals surface area contributed by atoms with Gasteiger partial charge in [-0.15, -0.1) is 0 Å². The summed E-state index contributed by atoms with van der Waals surface area (Å²) in [6, 6.07) is 17.7. The fraction of sp³-hybridized carbons (Fsp3) is 0.422. The zero-order valence-electron chi connectivity index (χ0n) is 33.5. The highest BCUT2D eigenvalue weighted by Gasteiger charge is 2.46. The van der Waals surface area contributed by atoms with E-state index < -0.39 is 29.7 Å². The van der Waals surface area contributed by atoms with Gasteiger partial charge in [0.15, 0.2) is 0 Å². The molecule has 2 aliphatic heterocycles. The standard InChI is InChI=1S/C45H49FN4O10/c1-28(29-5-7-30(8-6-29)34-17-18-47-37-14-9-31(46)27-36(34)37)42(52)48-32-10-12-33(13-11-32)59-25-23-57-21-19-56-20-22-58-24-26-60-39-4-2-3-35-41(39)45(55)50(44(35)54)38-15-16-40(51)49-43(38)53/h2-4,9-14,17-18,27-30,38H,5-8,15-16,19-26H2,1H3,(H,48,52)(H,49,51,53)/t28-,29?,30?,38?/m1/s1. The van der Waals surface area contributed by atoms with Crippen molar-refractivity contribution in [3.05, 3.63) is 95.4 Å². The summed E-state index contributed by atoms with van der Waals surface area (Å²) < 4.78 is 42.2. The summed E-state index contributed by atoms with van der Waals surface area (Å²) in [5, 5.41) is 6.10. The van der Waals surface area contributed by atoms with Gasteiger partial charge >= 0.3 is 0 Å². The van der Waals surface area contributed by atoms with Crippen LogP contribution in [0, 0.1) is 17.7 Å². The number of nitrogens with one attached hydrogen (secondary N) is 2. The van der Waals surface area contributed by atoms with Crippen LogP contribution in [0.1, 0.15) is 77.6 Å². The number of hydrogen-bond donors (Lipinski definition) is 2. The Hall–Kier alpha value is -5.77. The number of anilines is 1. The van der Waals surface area contributed by atoms with Gasteiger partial charge in [-0.1, -0.05) is 13.0 Å². The Labute approximate surface area is 347 Å². The molecule has 5 amide bonds. The number of nitrogens with zero attached hydrogens (tertiary/aromatic N) is 2. The number of rotatable bonds is 19. The summed E-state index contributed by atoms with van der Waals surface area (Å²) in [5.74, 6) is -1.26. The first-order valence-electron chi connectivity index (χ1n) is 20.5. The molecule has 60 heavy (non-hydrogen) atoms. The van der Waals surface area contributed by atoms with Crippen molar-refractivity contribution < 1.29 is 52.0 Å². The number of carbonyl (C=O) groups is 5. The molecular formula is C45H49FN4O10. The summed E-state index contributed by atoms with van der Waals surface area (Å²) in [6.07, 6.45) is 5.66. The highest BCUT2D eigenvalue weighted by molar-refractivity contribution is 6.24. The van der Waals surface area contributed by atoms with E-state index >= 15 is 0 Å². The lowest BCUT2D eigenvalue weighted by Crippen LogP contribution is -2.54. The molecule has 316 valence electrons. The number of halogens is 1. The van der Waals surface area contributed by atoms with E-state index in [0.717, 1.165) is 47.0 Å². The first-order valence-corrected chi connectivity index (χ1v) is 20.5. The SMILES string of the molecule is C[C@@H](C(=O)Nc1ccc(OCCOCCOCCOCCOc2cccc3c2C(=O)N(C2CCC(=O)NC2=O)C3=O)cc1)C1CCC(c2ccnc3ccc(F)cc23)CC1. The number of carbonyl (C=O) groups excluding carboxylic acids is 5. The minimum Gasteiger partial charge on any atom is -0.491 e. The highest BCUT2D eigenvalue weighted by Crippen LogP contribution is 2.41. The lowest BCUT2D eigenvalue weighted by atomic mass is 9.73. The Balaban J connectivity index is 0.713. The topological polar surface area (TPSA) is 172 Å². The van der Waals surface area contributed by atoms with Crippen molar-refractivity contribution in [3.63, 3.8) is 0 Å². The molecule has 3 aromatic carbocycles. The maximum atomic E-state index is 14.0. The maximum absolute atomic E-state index is 14.0. The largest absolute Gasteiger partial charge is 0.491 e. The summed E-state index contributed by atoms with van der Waals surface area (Å²) in [5.41, 5.74) is 2.89. The third kappa shape index (κ3) is 10.1. The van der Waals surface area contributed by atoms with Crippen molar-refractivity contribution in [2.24, 2.45) is 11.8 Å². The quantitative estimate of drug-likeness (QED) is 0.0861. The van der Waals surface area contributed by atoms with Crippen LogP contribution < -0.4 is 20.1 Å². The minimum atomic E-state index is -1.05. The van der Waals surface area contributed by atoms with Gasteiger partial charge in [-0.3, -0.25) is 39.2 Å². The Morgan fingerprint density at radius 2 is 1.50 bits per heavy atom. The summed E-state index contributed by atoms with van der Waals surface area (Å²) in [7, 11) is 0. The molecule has 14 nitrogen and oxygen atoms in total. The Kier molecular flexibility index (Phi) is 14.1. The molecule has 7 rings (SSSR count). The van der Waals surface area contributed by atoms with Crippen LogP contribution in [0.25, 0.3) is 10.9 Å². The minimum absolute atomic E-state index is 0.00761. The summed E-state index contributed by atoms with van der Waals surface area (Å²) in [6.45, 7) is 4.43. The lowest BCUT2D eigenvalue weighted by molar-refractivity contribution is -0.136. The molecule has 1 aromatic heterocycles. The van der Waals surface area contributed by atoms with Crippen LogP contribution >= 0.6 is 0 Å². The third-order valence-electron chi connectivity index (χ3n) is 11.3. The zero-order chi connectivity index (χ0) is 42.0. The first-order chi connectivity index (χ1) is 29.2. The maximum Gasteiger partial charge on any atom is 0.266 e. The summed E-state index contributed by atoms with van der Waals surface area (Å²) >= 11 is 0. The van der Waals surface area contributed by atoms with Crippen molar-refractivity contribution in [2.45, 2.75) is 57.4 Å². The van der Waals surface area contributed by atoms with Crippen LogP contribution in [0.2, 0.25) is 0 Å². The molecule has 3 heterocycles. The van der Waals surface area contributed by atoms with Crippen LogP contribution in [0.4, 0.5) is 10.1 Å². The van der Waals surface area contributed by atoms with E-state index in [2.05, 4.69) is 15.6 Å². The monoisotopic (exact) mass is 824 g/mol. The number of benzene rings is 3. The normalized spacial score (nSPS) is 19.6.